The number of aliphatic hydroxyl groups is 1. The number of carbonyl (C=O) groups excluding carboxylic acids is 1. The minimum Gasteiger partial charge on any atom is -0.391 e. The van der Waals surface area contributed by atoms with E-state index in [1.807, 2.05) is 12.1 Å². The van der Waals surface area contributed by atoms with E-state index in [9.17, 15) is 18.3 Å². The van der Waals surface area contributed by atoms with Gasteiger partial charge in [0.25, 0.3) is 5.91 Å². The van der Waals surface area contributed by atoms with Gasteiger partial charge in [0.15, 0.2) is 0 Å². The molecule has 0 spiro atoms. The van der Waals surface area contributed by atoms with Gasteiger partial charge in [-0.15, -0.1) is 0 Å². The molecule has 2 heterocycles. The molecule has 0 aliphatic carbocycles. The Balaban J connectivity index is 1.75. The summed E-state index contributed by atoms with van der Waals surface area (Å²) >= 11 is 0. The van der Waals surface area contributed by atoms with E-state index in [0.717, 1.165) is 15.2 Å². The topological polar surface area (TPSA) is 93.7 Å². The molecule has 1 amide bonds. The molecule has 1 aliphatic rings. The van der Waals surface area contributed by atoms with Gasteiger partial charge in [0.1, 0.15) is 0 Å². The molecule has 1 aliphatic heterocycles. The number of likely N-dealkylation sites (tertiary alicyclic amines) is 1. The molecular formula is C16H21N3O4S. The Morgan fingerprint density at radius 3 is 2.79 bits per heavy atom. The Morgan fingerprint density at radius 1 is 1.33 bits per heavy atom. The molecule has 1 aromatic carbocycles. The van der Waals surface area contributed by atoms with Crippen LogP contribution < -0.4 is 0 Å². The molecule has 24 heavy (non-hydrogen) atoms. The van der Waals surface area contributed by atoms with Crippen molar-refractivity contribution < 1.29 is 18.3 Å². The number of β-amino-alcohol motifs (C(OH)–C–C–N with tert-alkyl or cyclic N) is 1. The number of hydrogen-bond donors (Lipinski definition) is 2. The molecule has 0 unspecified atom stereocenters. The Kier molecular flexibility index (Phi) is 4.37. The van der Waals surface area contributed by atoms with Crippen LogP contribution in [-0.4, -0.2) is 72.7 Å². The lowest BCUT2D eigenvalue weighted by atomic mass is 10.1. The highest BCUT2D eigenvalue weighted by Crippen LogP contribution is 2.23. The first-order valence-electron chi connectivity index (χ1n) is 7.72. The van der Waals surface area contributed by atoms with Crippen molar-refractivity contribution in [1.29, 1.82) is 0 Å². The molecule has 0 saturated carbocycles. The Bertz CT molecular complexity index is 859. The van der Waals surface area contributed by atoms with Crippen LogP contribution >= 0.6 is 0 Å². The molecule has 2 atom stereocenters. The first-order chi connectivity index (χ1) is 11.3. The maximum absolute atomic E-state index is 12.6. The maximum Gasteiger partial charge on any atom is 0.254 e. The highest BCUT2D eigenvalue weighted by molar-refractivity contribution is 7.89. The number of benzene rings is 1. The second-order valence-corrected chi connectivity index (χ2v) is 8.61. The SMILES string of the molecule is CN(C)S(=O)(=O)C[C@@H]1CN(C(=O)c2ccc3cc[nH]c3c2)C[C@H]1O. The van der Waals surface area contributed by atoms with E-state index < -0.39 is 22.0 Å². The number of aliphatic hydroxyl groups excluding tert-OH is 1. The summed E-state index contributed by atoms with van der Waals surface area (Å²) < 4.78 is 25.1. The number of rotatable bonds is 4. The lowest BCUT2D eigenvalue weighted by Gasteiger charge is -2.18. The summed E-state index contributed by atoms with van der Waals surface area (Å²) in [5, 5.41) is 11.2. The Hall–Kier alpha value is -1.90. The lowest BCUT2D eigenvalue weighted by molar-refractivity contribution is 0.0765. The summed E-state index contributed by atoms with van der Waals surface area (Å²) in [4.78, 5) is 17.2. The number of fused-ring (bicyclic) bond motifs is 1. The minimum atomic E-state index is -3.42. The van der Waals surface area contributed by atoms with E-state index in [1.165, 1.54) is 19.0 Å². The van der Waals surface area contributed by atoms with Gasteiger partial charge < -0.3 is 15.0 Å². The zero-order valence-electron chi connectivity index (χ0n) is 13.6. The summed E-state index contributed by atoms with van der Waals surface area (Å²) in [6.07, 6.45) is 0.971. The maximum atomic E-state index is 12.6. The molecule has 1 aromatic heterocycles. The van der Waals surface area contributed by atoms with Gasteiger partial charge in [-0.2, -0.15) is 0 Å². The van der Waals surface area contributed by atoms with Crippen molar-refractivity contribution in [3.8, 4) is 0 Å². The van der Waals surface area contributed by atoms with Crippen molar-refractivity contribution in [2.45, 2.75) is 6.10 Å². The van der Waals surface area contributed by atoms with Crippen LogP contribution in [0.1, 0.15) is 10.4 Å². The summed E-state index contributed by atoms with van der Waals surface area (Å²) in [7, 11) is -0.492. The van der Waals surface area contributed by atoms with Gasteiger partial charge in [-0.05, 0) is 23.6 Å². The van der Waals surface area contributed by atoms with Crippen molar-refractivity contribution in [2.75, 3.05) is 32.9 Å². The summed E-state index contributed by atoms with van der Waals surface area (Å²) in [5.74, 6) is -0.841. The summed E-state index contributed by atoms with van der Waals surface area (Å²) in [6, 6.07) is 7.30. The number of amides is 1. The quantitative estimate of drug-likeness (QED) is 0.838. The Labute approximate surface area is 140 Å². The molecule has 1 saturated heterocycles. The van der Waals surface area contributed by atoms with Gasteiger partial charge in [0.2, 0.25) is 10.0 Å². The van der Waals surface area contributed by atoms with Gasteiger partial charge in [0.05, 0.1) is 11.9 Å². The average molecular weight is 351 g/mol. The third-order valence-electron chi connectivity index (χ3n) is 4.48. The molecule has 8 heteroatoms. The number of hydrogen-bond acceptors (Lipinski definition) is 4. The van der Waals surface area contributed by atoms with Crippen LogP contribution in [0.15, 0.2) is 30.5 Å². The van der Waals surface area contributed by atoms with E-state index in [2.05, 4.69) is 4.98 Å². The first kappa shape index (κ1) is 16.9. The molecule has 0 bridgehead atoms. The normalized spacial score (nSPS) is 21.8. The summed E-state index contributed by atoms with van der Waals surface area (Å²) in [5.41, 5.74) is 1.39. The fourth-order valence-corrected chi connectivity index (χ4v) is 4.13. The zero-order valence-corrected chi connectivity index (χ0v) is 14.5. The van der Waals surface area contributed by atoms with Gasteiger partial charge in [-0.1, -0.05) is 6.07 Å². The lowest BCUT2D eigenvalue weighted by Crippen LogP contribution is -2.33. The standard InChI is InChI=1S/C16H21N3O4S/c1-18(2)24(22,23)10-13-8-19(9-15(13)20)16(21)12-4-3-11-5-6-17-14(11)7-12/h3-7,13,15,17,20H,8-10H2,1-2H3/t13-,15+/m0/s1. The van der Waals surface area contributed by atoms with Gasteiger partial charge in [-0.25, -0.2) is 12.7 Å². The van der Waals surface area contributed by atoms with Crippen LogP contribution in [0.2, 0.25) is 0 Å². The zero-order chi connectivity index (χ0) is 17.5. The molecular weight excluding hydrogens is 330 g/mol. The molecule has 1 fully saturated rings. The number of aromatic nitrogens is 1. The van der Waals surface area contributed by atoms with Crippen LogP contribution in [0.25, 0.3) is 10.9 Å². The smallest absolute Gasteiger partial charge is 0.254 e. The van der Waals surface area contributed by atoms with Crippen molar-refractivity contribution >= 4 is 26.8 Å². The highest BCUT2D eigenvalue weighted by Gasteiger charge is 2.37. The van der Waals surface area contributed by atoms with Crippen LogP contribution in [0.3, 0.4) is 0 Å². The molecule has 0 radical (unpaired) electrons. The molecule has 2 N–H and O–H groups in total. The van der Waals surface area contributed by atoms with Crippen molar-refractivity contribution in [3.63, 3.8) is 0 Å². The average Bonchev–Trinajstić information content (AvgIpc) is 3.12. The van der Waals surface area contributed by atoms with E-state index >= 15 is 0 Å². The van der Waals surface area contributed by atoms with Gasteiger partial charge in [-0.3, -0.25) is 4.79 Å². The summed E-state index contributed by atoms with van der Waals surface area (Å²) in [6.45, 7) is 0.380. The van der Waals surface area contributed by atoms with E-state index in [-0.39, 0.29) is 24.7 Å². The predicted octanol–water partition coefficient (Wildman–Crippen LogP) is 0.492. The van der Waals surface area contributed by atoms with E-state index in [0.29, 0.717) is 5.56 Å². The number of nitrogens with one attached hydrogen (secondary N) is 1. The second-order valence-electron chi connectivity index (χ2n) is 6.38. The number of H-pyrrole nitrogens is 1. The number of sulfonamides is 1. The Morgan fingerprint density at radius 2 is 2.08 bits per heavy atom. The monoisotopic (exact) mass is 351 g/mol. The van der Waals surface area contributed by atoms with Crippen LogP contribution in [-0.2, 0) is 10.0 Å². The van der Waals surface area contributed by atoms with Crippen molar-refractivity contribution in [3.05, 3.63) is 36.0 Å². The number of nitrogens with zero attached hydrogens (tertiary/aromatic N) is 2. The first-order valence-corrected chi connectivity index (χ1v) is 9.33. The molecule has 7 nitrogen and oxygen atoms in total. The fourth-order valence-electron chi connectivity index (χ4n) is 2.97. The van der Waals surface area contributed by atoms with Crippen molar-refractivity contribution in [2.24, 2.45) is 5.92 Å². The van der Waals surface area contributed by atoms with Crippen molar-refractivity contribution in [1.82, 2.24) is 14.2 Å². The van der Waals surface area contributed by atoms with Crippen LogP contribution in [0, 0.1) is 5.92 Å². The molecule has 130 valence electrons. The van der Waals surface area contributed by atoms with Crippen LogP contribution in [0.5, 0.6) is 0 Å². The third-order valence-corrected chi connectivity index (χ3v) is 6.44. The molecule has 2 aromatic rings. The van der Waals surface area contributed by atoms with Gasteiger partial charge >= 0.3 is 0 Å². The van der Waals surface area contributed by atoms with E-state index in [4.69, 9.17) is 0 Å². The molecule has 3 rings (SSSR count). The largest absolute Gasteiger partial charge is 0.391 e. The third kappa shape index (κ3) is 3.17. The van der Waals surface area contributed by atoms with Crippen LogP contribution in [0.4, 0.5) is 0 Å². The highest BCUT2D eigenvalue weighted by atomic mass is 32.2. The van der Waals surface area contributed by atoms with E-state index in [1.54, 1.807) is 18.3 Å². The predicted molar refractivity (Wildman–Crippen MR) is 91.2 cm³/mol. The van der Waals surface area contributed by atoms with Gasteiger partial charge in [0, 0.05) is 50.4 Å². The number of carbonyl (C=O) groups is 1. The fraction of sp³-hybridized carbons (Fsp3) is 0.438. The minimum absolute atomic E-state index is 0.148. The number of aromatic amines is 1. The second kappa shape index (κ2) is 6.19.